The molecule has 0 radical (unpaired) electrons. The van der Waals surface area contributed by atoms with E-state index in [0.29, 0.717) is 6.54 Å². The van der Waals surface area contributed by atoms with Crippen LogP contribution in [0.3, 0.4) is 0 Å². The molecule has 2 aromatic carbocycles. The number of ether oxygens (including phenoxy) is 1. The summed E-state index contributed by atoms with van der Waals surface area (Å²) in [5.41, 5.74) is 2.68. The Kier molecular flexibility index (Phi) is 5.96. The molecule has 1 aliphatic carbocycles. The second-order valence-electron chi connectivity index (χ2n) is 9.40. The predicted molar refractivity (Wildman–Crippen MR) is 135 cm³/mol. The van der Waals surface area contributed by atoms with Gasteiger partial charge in [0, 0.05) is 25.4 Å². The number of nitrogens with zero attached hydrogens (tertiary/aromatic N) is 5. The van der Waals surface area contributed by atoms with E-state index in [-0.39, 0.29) is 17.4 Å². The van der Waals surface area contributed by atoms with Crippen LogP contribution in [0.15, 0.2) is 67.1 Å². The molecule has 2 aromatic heterocycles. The van der Waals surface area contributed by atoms with Crippen molar-refractivity contribution in [3.8, 4) is 34.6 Å². The predicted octanol–water partition coefficient (Wildman–Crippen LogP) is 5.11. The topological polar surface area (TPSA) is 73.1 Å². The maximum atomic E-state index is 12.1. The summed E-state index contributed by atoms with van der Waals surface area (Å²) in [6, 6.07) is 17.8. The zero-order chi connectivity index (χ0) is 24.4. The van der Waals surface area contributed by atoms with Gasteiger partial charge in [-0.3, -0.25) is 4.79 Å². The van der Waals surface area contributed by atoms with Crippen molar-refractivity contribution in [2.24, 2.45) is 5.41 Å². The van der Waals surface area contributed by atoms with Crippen LogP contribution in [0.5, 0.6) is 11.5 Å². The van der Waals surface area contributed by atoms with Gasteiger partial charge in [0.2, 0.25) is 0 Å². The molecule has 0 spiro atoms. The molecule has 0 atom stereocenters. The van der Waals surface area contributed by atoms with E-state index in [0.717, 1.165) is 46.6 Å². The Morgan fingerprint density at radius 2 is 1.86 bits per heavy atom. The molecule has 176 valence electrons. The van der Waals surface area contributed by atoms with Gasteiger partial charge in [0.15, 0.2) is 5.65 Å². The number of benzene rings is 2. The molecule has 35 heavy (non-hydrogen) atoms. The molecule has 1 saturated carbocycles. The fourth-order valence-electron chi connectivity index (χ4n) is 4.88. The minimum atomic E-state index is -0.142. The number of aromatic nitrogens is 4. The highest BCUT2D eigenvalue weighted by molar-refractivity contribution is 5.93. The molecule has 7 heteroatoms. The lowest BCUT2D eigenvalue weighted by Gasteiger charge is -2.46. The molecule has 7 nitrogen and oxygen atoms in total. The van der Waals surface area contributed by atoms with Gasteiger partial charge in [-0.15, -0.1) is 0 Å². The van der Waals surface area contributed by atoms with Crippen molar-refractivity contribution in [1.82, 2.24) is 24.6 Å². The number of rotatable bonds is 6. The second-order valence-corrected chi connectivity index (χ2v) is 9.40. The number of carbonyl (C=O) groups excluding carboxylic acids is 1. The number of carbonyl (C=O) groups is 1. The molecular weight excluding hydrogens is 438 g/mol. The van der Waals surface area contributed by atoms with Crippen LogP contribution < -0.4 is 4.74 Å². The summed E-state index contributed by atoms with van der Waals surface area (Å²) in [6.07, 6.45) is 5.21. The van der Waals surface area contributed by atoms with E-state index in [9.17, 15) is 4.79 Å². The summed E-state index contributed by atoms with van der Waals surface area (Å²) in [4.78, 5) is 22.6. The van der Waals surface area contributed by atoms with Crippen LogP contribution in [0, 0.1) is 17.3 Å². The smallest absolute Gasteiger partial charge is 0.298 e. The van der Waals surface area contributed by atoms with E-state index >= 15 is 0 Å². The van der Waals surface area contributed by atoms with Crippen LogP contribution in [0.25, 0.3) is 22.3 Å². The maximum absolute atomic E-state index is 12.1. The average Bonchev–Trinajstić information content (AvgIpc) is 3.23. The van der Waals surface area contributed by atoms with Gasteiger partial charge in [-0.05, 0) is 67.5 Å². The van der Waals surface area contributed by atoms with Crippen LogP contribution >= 0.6 is 0 Å². The van der Waals surface area contributed by atoms with Gasteiger partial charge in [0.1, 0.15) is 23.5 Å². The number of fused-ring (bicyclic) bond motifs is 1. The fourth-order valence-corrected chi connectivity index (χ4v) is 4.88. The van der Waals surface area contributed by atoms with Crippen molar-refractivity contribution < 1.29 is 9.53 Å². The van der Waals surface area contributed by atoms with E-state index in [2.05, 4.69) is 28.7 Å². The molecule has 0 bridgehead atoms. The molecule has 5 rings (SSSR count). The third kappa shape index (κ3) is 4.60. The van der Waals surface area contributed by atoms with Gasteiger partial charge in [-0.25, -0.2) is 14.6 Å². The van der Waals surface area contributed by atoms with Gasteiger partial charge < -0.3 is 9.64 Å². The summed E-state index contributed by atoms with van der Waals surface area (Å²) in [5.74, 6) is 6.72. The van der Waals surface area contributed by atoms with Crippen molar-refractivity contribution in [2.45, 2.75) is 32.7 Å². The Hall–Kier alpha value is -4.18. The zero-order valence-corrected chi connectivity index (χ0v) is 20.1. The van der Waals surface area contributed by atoms with Crippen LogP contribution in [-0.2, 0) is 4.79 Å². The average molecular weight is 466 g/mol. The summed E-state index contributed by atoms with van der Waals surface area (Å²) in [5, 5.41) is 5.89. The van der Waals surface area contributed by atoms with E-state index in [1.54, 1.807) is 18.2 Å². The Balaban J connectivity index is 1.36. The zero-order valence-electron chi connectivity index (χ0n) is 20.1. The second kappa shape index (κ2) is 9.22. The number of hydrogen-bond acceptors (Lipinski definition) is 5. The normalized spacial score (nSPS) is 18.9. The van der Waals surface area contributed by atoms with Crippen molar-refractivity contribution in [2.75, 3.05) is 13.6 Å². The Labute approximate surface area is 204 Å². The van der Waals surface area contributed by atoms with Gasteiger partial charge in [-0.2, -0.15) is 5.10 Å². The first-order valence-electron chi connectivity index (χ1n) is 11.7. The van der Waals surface area contributed by atoms with E-state index in [1.165, 1.54) is 0 Å². The lowest BCUT2D eigenvalue weighted by Crippen LogP contribution is -2.45. The van der Waals surface area contributed by atoms with Crippen molar-refractivity contribution in [1.29, 1.82) is 0 Å². The Morgan fingerprint density at radius 3 is 2.57 bits per heavy atom. The molecule has 4 aromatic rings. The largest absolute Gasteiger partial charge is 0.457 e. The highest BCUT2D eigenvalue weighted by Crippen LogP contribution is 2.49. The first kappa shape index (κ1) is 22.6. The van der Waals surface area contributed by atoms with Crippen LogP contribution in [0.1, 0.15) is 32.7 Å². The standard InChI is InChI=1S/C28H27N5O2/c1-4-8-25(34)32(3)18-28(2)15-21(16-28)33-27-24(17-29-19-30-27)26(31-33)20-11-13-23(14-12-20)35-22-9-6-5-7-10-22/h5-7,9-14,17,19,21H,15-16,18H2,1-3H3. The number of amides is 1. The number of hydrogen-bond donors (Lipinski definition) is 0. The first-order valence-corrected chi connectivity index (χ1v) is 11.7. The van der Waals surface area contributed by atoms with Crippen LogP contribution in [0.4, 0.5) is 0 Å². The molecule has 0 N–H and O–H groups in total. The van der Waals surface area contributed by atoms with E-state index in [4.69, 9.17) is 9.84 Å². The van der Waals surface area contributed by atoms with Crippen molar-refractivity contribution in [3.05, 3.63) is 67.1 Å². The lowest BCUT2D eigenvalue weighted by molar-refractivity contribution is -0.126. The highest BCUT2D eigenvalue weighted by Gasteiger charge is 2.43. The summed E-state index contributed by atoms with van der Waals surface area (Å²) in [6.45, 7) is 4.56. The molecular formula is C28H27N5O2. The summed E-state index contributed by atoms with van der Waals surface area (Å²) < 4.78 is 7.95. The third-order valence-electron chi connectivity index (χ3n) is 6.48. The van der Waals surface area contributed by atoms with Gasteiger partial charge in [0.05, 0.1) is 11.4 Å². The SMILES string of the molecule is CC#CC(=O)N(C)CC1(C)CC(n2nc(-c3ccc(Oc4ccccc4)cc3)c3cncnc32)C1. The van der Waals surface area contributed by atoms with Crippen molar-refractivity contribution in [3.63, 3.8) is 0 Å². The Morgan fingerprint density at radius 1 is 1.14 bits per heavy atom. The molecule has 0 unspecified atom stereocenters. The monoisotopic (exact) mass is 465 g/mol. The van der Waals surface area contributed by atoms with Crippen LogP contribution in [-0.4, -0.2) is 44.1 Å². The van der Waals surface area contributed by atoms with Gasteiger partial charge in [-0.1, -0.05) is 31.0 Å². The third-order valence-corrected chi connectivity index (χ3v) is 6.48. The highest BCUT2D eigenvalue weighted by atomic mass is 16.5. The molecule has 2 heterocycles. The van der Waals surface area contributed by atoms with Gasteiger partial charge in [0.25, 0.3) is 5.91 Å². The molecule has 1 fully saturated rings. The van der Waals surface area contributed by atoms with Gasteiger partial charge >= 0.3 is 0 Å². The minimum Gasteiger partial charge on any atom is -0.457 e. The first-order chi connectivity index (χ1) is 17.0. The van der Waals surface area contributed by atoms with Crippen molar-refractivity contribution >= 4 is 16.9 Å². The fraction of sp³-hybridized carbons (Fsp3) is 0.286. The number of para-hydroxylation sites is 1. The summed E-state index contributed by atoms with van der Waals surface area (Å²) in [7, 11) is 1.81. The van der Waals surface area contributed by atoms with Crippen LogP contribution in [0.2, 0.25) is 0 Å². The lowest BCUT2D eigenvalue weighted by atomic mass is 9.66. The Bertz CT molecular complexity index is 1410. The van der Waals surface area contributed by atoms with E-state index in [1.807, 2.05) is 72.5 Å². The molecule has 0 aliphatic heterocycles. The molecule has 0 saturated heterocycles. The molecule has 1 amide bonds. The quantitative estimate of drug-likeness (QED) is 0.370. The minimum absolute atomic E-state index is 0.0202. The molecule has 1 aliphatic rings. The summed E-state index contributed by atoms with van der Waals surface area (Å²) >= 11 is 0. The maximum Gasteiger partial charge on any atom is 0.298 e. The van der Waals surface area contributed by atoms with E-state index < -0.39 is 0 Å².